The molecule has 0 aromatic rings. The summed E-state index contributed by atoms with van der Waals surface area (Å²) in [6, 6.07) is 0. The van der Waals surface area contributed by atoms with Crippen molar-refractivity contribution in [3.05, 3.63) is 0 Å². The number of hydrogen-bond acceptors (Lipinski definition) is 5. The first-order valence-corrected chi connectivity index (χ1v) is 3.61. The molecule has 0 aromatic heterocycles. The fraction of sp³-hybridized carbons (Fsp3) is 0.800. The van der Waals surface area contributed by atoms with Gasteiger partial charge in [-0.05, 0) is 0 Å². The first-order valence-electron chi connectivity index (χ1n) is 2.95. The van der Waals surface area contributed by atoms with Gasteiger partial charge >= 0.3 is 0 Å². The quantitative estimate of drug-likeness (QED) is 0.359. The molecule has 0 aromatic carbocycles. The van der Waals surface area contributed by atoms with E-state index in [1.807, 2.05) is 0 Å². The molecule has 4 N–H and O–H groups in total. The molecule has 5 nitrogen and oxygen atoms in total. The van der Waals surface area contributed by atoms with Crippen molar-refractivity contribution >= 4 is 15.0 Å². The first-order chi connectivity index (χ1) is 5.00. The molecular formula is C5H11O5P. The van der Waals surface area contributed by atoms with Crippen molar-refractivity contribution in [3.63, 3.8) is 0 Å². The Bertz CT molecular complexity index is 137. The van der Waals surface area contributed by atoms with E-state index in [2.05, 4.69) is 0 Å². The molecule has 0 aliphatic rings. The number of aliphatic hydroxyl groups is 4. The number of rotatable bonds is 4. The summed E-state index contributed by atoms with van der Waals surface area (Å²) in [4.78, 5) is 10.7. The van der Waals surface area contributed by atoms with Crippen LogP contribution in [-0.4, -0.2) is 50.9 Å². The molecule has 0 amide bonds. The van der Waals surface area contributed by atoms with Gasteiger partial charge < -0.3 is 20.4 Å². The van der Waals surface area contributed by atoms with Gasteiger partial charge in [0.05, 0.1) is 6.61 Å². The second-order valence-electron chi connectivity index (χ2n) is 2.04. The van der Waals surface area contributed by atoms with Crippen molar-refractivity contribution in [2.45, 2.75) is 18.1 Å². The molecule has 0 aliphatic heterocycles. The maximum Gasteiger partial charge on any atom is 0.196 e. The molecule has 0 rings (SSSR count). The van der Waals surface area contributed by atoms with Gasteiger partial charge in [-0.25, -0.2) is 0 Å². The topological polar surface area (TPSA) is 98.0 Å². The molecule has 66 valence electrons. The van der Waals surface area contributed by atoms with Crippen LogP contribution in [0.5, 0.6) is 0 Å². The number of ketones is 1. The third-order valence-electron chi connectivity index (χ3n) is 1.13. The van der Waals surface area contributed by atoms with Crippen LogP contribution in [0.2, 0.25) is 0 Å². The molecule has 0 aliphatic carbocycles. The Hall–Kier alpha value is -0.0600. The van der Waals surface area contributed by atoms with E-state index in [1.54, 1.807) is 9.24 Å². The monoisotopic (exact) mass is 182 g/mol. The summed E-state index contributed by atoms with van der Waals surface area (Å²) in [5, 5.41) is 34.4. The molecule has 0 bridgehead atoms. The average Bonchev–Trinajstić information content (AvgIpc) is 2.00. The maximum atomic E-state index is 10.7. The first kappa shape index (κ1) is 10.9. The highest BCUT2D eigenvalue weighted by Gasteiger charge is 2.26. The normalized spacial score (nSPS) is 19.0. The van der Waals surface area contributed by atoms with Gasteiger partial charge in [0.15, 0.2) is 5.78 Å². The summed E-state index contributed by atoms with van der Waals surface area (Å²) >= 11 is 0. The zero-order valence-electron chi connectivity index (χ0n) is 5.71. The number of Topliss-reactive ketones (excluding diaryl/α,β-unsaturated/α-hetero) is 1. The summed E-state index contributed by atoms with van der Waals surface area (Å²) in [5.74, 6) is -2.34. The van der Waals surface area contributed by atoms with Crippen LogP contribution in [-0.2, 0) is 4.79 Å². The van der Waals surface area contributed by atoms with Crippen LogP contribution in [0.25, 0.3) is 0 Å². The maximum absolute atomic E-state index is 10.7. The van der Waals surface area contributed by atoms with Crippen molar-refractivity contribution in [3.8, 4) is 0 Å². The lowest BCUT2D eigenvalue weighted by atomic mass is 10.1. The van der Waals surface area contributed by atoms with Gasteiger partial charge in [0.25, 0.3) is 0 Å². The standard InChI is InChI=1S/C5H11O5P/c6-1-2(7)3(8)4(9)5(10)11/h2-3,5-8,10H,1,11H2/t2-,3-,5?/m1/s1. The van der Waals surface area contributed by atoms with Crippen molar-refractivity contribution in [1.82, 2.24) is 0 Å². The summed E-state index contributed by atoms with van der Waals surface area (Å²) in [5.41, 5.74) is 0. The predicted octanol–water partition coefficient (Wildman–Crippen LogP) is -2.54. The lowest BCUT2D eigenvalue weighted by Crippen LogP contribution is -2.40. The Kier molecular flexibility index (Phi) is 4.72. The van der Waals surface area contributed by atoms with Gasteiger partial charge in [-0.1, -0.05) is 9.24 Å². The van der Waals surface area contributed by atoms with Gasteiger partial charge in [-0.15, -0.1) is 0 Å². The van der Waals surface area contributed by atoms with Gasteiger partial charge in [0, 0.05) is 0 Å². The summed E-state index contributed by atoms with van der Waals surface area (Å²) in [6.07, 6.45) is -3.26. The molecule has 0 heterocycles. The van der Waals surface area contributed by atoms with Gasteiger partial charge in [-0.3, -0.25) is 4.79 Å². The summed E-state index contributed by atoms with van der Waals surface area (Å²) < 4.78 is 0. The molecule has 2 unspecified atom stereocenters. The molecule has 0 saturated heterocycles. The van der Waals surface area contributed by atoms with Crippen LogP contribution in [0, 0.1) is 0 Å². The van der Waals surface area contributed by atoms with Crippen LogP contribution < -0.4 is 0 Å². The number of aliphatic hydroxyl groups excluding tert-OH is 4. The molecule has 0 radical (unpaired) electrons. The predicted molar refractivity (Wildman–Crippen MR) is 39.8 cm³/mol. The summed E-state index contributed by atoms with van der Waals surface area (Å²) in [7, 11) is 1.76. The molecular weight excluding hydrogens is 171 g/mol. The Morgan fingerprint density at radius 2 is 1.82 bits per heavy atom. The molecule has 0 saturated carbocycles. The van der Waals surface area contributed by atoms with Crippen LogP contribution in [0.3, 0.4) is 0 Å². The molecule has 0 fully saturated rings. The fourth-order valence-electron chi connectivity index (χ4n) is 0.464. The minimum Gasteiger partial charge on any atom is -0.394 e. The lowest BCUT2D eigenvalue weighted by Gasteiger charge is -2.15. The smallest absolute Gasteiger partial charge is 0.196 e. The van der Waals surface area contributed by atoms with E-state index in [1.165, 1.54) is 0 Å². The largest absolute Gasteiger partial charge is 0.394 e. The van der Waals surface area contributed by atoms with E-state index >= 15 is 0 Å². The third-order valence-corrected chi connectivity index (χ3v) is 1.46. The van der Waals surface area contributed by atoms with Gasteiger partial charge in [0.1, 0.15) is 18.1 Å². The highest BCUT2D eigenvalue weighted by molar-refractivity contribution is 7.19. The Labute approximate surface area is 65.9 Å². The van der Waals surface area contributed by atoms with Crippen molar-refractivity contribution < 1.29 is 25.2 Å². The Morgan fingerprint density at radius 3 is 2.09 bits per heavy atom. The molecule has 0 spiro atoms. The van der Waals surface area contributed by atoms with Crippen LogP contribution in [0.4, 0.5) is 0 Å². The molecule has 6 heteroatoms. The zero-order chi connectivity index (χ0) is 9.02. The Morgan fingerprint density at radius 1 is 1.36 bits per heavy atom. The van der Waals surface area contributed by atoms with Crippen molar-refractivity contribution in [2.75, 3.05) is 6.61 Å². The van der Waals surface area contributed by atoms with Crippen LogP contribution in [0.1, 0.15) is 0 Å². The molecule has 11 heavy (non-hydrogen) atoms. The van der Waals surface area contributed by atoms with E-state index in [4.69, 9.17) is 20.4 Å². The van der Waals surface area contributed by atoms with E-state index in [0.29, 0.717) is 0 Å². The number of carbonyl (C=O) groups excluding carboxylic acids is 1. The highest BCUT2D eigenvalue weighted by Crippen LogP contribution is 2.03. The second-order valence-corrected chi connectivity index (χ2v) is 2.67. The van der Waals surface area contributed by atoms with E-state index in [0.717, 1.165) is 0 Å². The van der Waals surface area contributed by atoms with Crippen molar-refractivity contribution in [2.24, 2.45) is 0 Å². The van der Waals surface area contributed by atoms with Gasteiger partial charge in [0.2, 0.25) is 0 Å². The third kappa shape index (κ3) is 3.22. The van der Waals surface area contributed by atoms with E-state index in [9.17, 15) is 4.79 Å². The number of hydrogen-bond donors (Lipinski definition) is 4. The van der Waals surface area contributed by atoms with Gasteiger partial charge in [-0.2, -0.15) is 0 Å². The SMILES string of the molecule is O=C(C(O)P)[C@H](O)[C@H](O)CO. The Balaban J connectivity index is 4.02. The fourth-order valence-corrected chi connectivity index (χ4v) is 0.662. The second kappa shape index (κ2) is 4.74. The summed E-state index contributed by atoms with van der Waals surface area (Å²) in [6.45, 7) is -0.718. The lowest BCUT2D eigenvalue weighted by molar-refractivity contribution is -0.139. The molecule has 4 atom stereocenters. The zero-order valence-corrected chi connectivity index (χ0v) is 6.87. The van der Waals surface area contributed by atoms with Crippen LogP contribution in [0.15, 0.2) is 0 Å². The van der Waals surface area contributed by atoms with E-state index < -0.39 is 30.4 Å². The van der Waals surface area contributed by atoms with E-state index in [-0.39, 0.29) is 0 Å². The average molecular weight is 182 g/mol. The van der Waals surface area contributed by atoms with Crippen LogP contribution >= 0.6 is 9.24 Å². The van der Waals surface area contributed by atoms with Crippen molar-refractivity contribution in [1.29, 1.82) is 0 Å². The minimum absolute atomic E-state index is 0.718. The minimum atomic E-state index is -1.73. The number of carbonyl (C=O) groups is 1. The highest BCUT2D eigenvalue weighted by atomic mass is 31.0.